The molecule has 1 aliphatic rings. The summed E-state index contributed by atoms with van der Waals surface area (Å²) in [6.45, 7) is 0.296. The largest absolute Gasteiger partial charge is 0.341 e. The summed E-state index contributed by atoms with van der Waals surface area (Å²) in [4.78, 5) is 9.90. The predicted octanol–water partition coefficient (Wildman–Crippen LogP) is 1.18. The molecule has 15 heavy (non-hydrogen) atoms. The van der Waals surface area contributed by atoms with Gasteiger partial charge in [-0.05, 0) is 6.42 Å². The Labute approximate surface area is 100 Å². The lowest BCUT2D eigenvalue weighted by molar-refractivity contribution is -0.410. The Balaban J connectivity index is 3.14. The van der Waals surface area contributed by atoms with Gasteiger partial charge in [0.05, 0.1) is 11.2 Å². The van der Waals surface area contributed by atoms with Crippen molar-refractivity contribution in [3.8, 4) is 0 Å². The van der Waals surface area contributed by atoms with Crippen LogP contribution in [0.4, 0.5) is 0 Å². The Morgan fingerprint density at radius 1 is 1.67 bits per heavy atom. The van der Waals surface area contributed by atoms with E-state index in [0.717, 1.165) is 10.6 Å². The molecular weight excluding hydrogens is 308 g/mol. The minimum absolute atomic E-state index is 0.161. The number of hydrogen-bond acceptors (Lipinski definition) is 5. The fourth-order valence-electron chi connectivity index (χ4n) is 1.11. The van der Waals surface area contributed by atoms with Gasteiger partial charge in [0.2, 0.25) is 10.0 Å². The summed E-state index contributed by atoms with van der Waals surface area (Å²) in [5.41, 5.74) is 0. The molecule has 86 valence electrons. The zero-order valence-electron chi connectivity index (χ0n) is 7.84. The highest BCUT2D eigenvalue weighted by molar-refractivity contribution is 9.11. The summed E-state index contributed by atoms with van der Waals surface area (Å²) in [5.74, 6) is 0.685. The van der Waals surface area contributed by atoms with Gasteiger partial charge in [-0.25, -0.2) is 8.42 Å². The van der Waals surface area contributed by atoms with Crippen molar-refractivity contribution < 1.29 is 13.3 Å². The van der Waals surface area contributed by atoms with E-state index in [0.29, 0.717) is 18.7 Å². The van der Waals surface area contributed by atoms with E-state index in [1.54, 1.807) is 0 Å². The van der Waals surface area contributed by atoms with E-state index in [1.165, 1.54) is 11.8 Å². The van der Waals surface area contributed by atoms with Crippen LogP contribution in [0, 0.1) is 10.1 Å². The van der Waals surface area contributed by atoms with Crippen LogP contribution in [0.2, 0.25) is 0 Å². The summed E-state index contributed by atoms with van der Waals surface area (Å²) in [7, 11) is -3.43. The lowest BCUT2D eigenvalue weighted by Crippen LogP contribution is -2.33. The Bertz CT molecular complexity index is 405. The molecule has 0 radical (unpaired) electrons. The zero-order valence-corrected chi connectivity index (χ0v) is 11.1. The number of rotatable bonds is 2. The second-order valence-corrected chi connectivity index (χ2v) is 6.63. The molecule has 1 heterocycles. The molecule has 0 bridgehead atoms. The van der Waals surface area contributed by atoms with Crippen molar-refractivity contribution in [2.45, 2.75) is 6.42 Å². The monoisotopic (exact) mass is 316 g/mol. The third-order valence-corrected chi connectivity index (χ3v) is 5.10. The molecule has 1 saturated heterocycles. The predicted molar refractivity (Wildman–Crippen MR) is 61.6 cm³/mol. The second kappa shape index (κ2) is 4.71. The van der Waals surface area contributed by atoms with Crippen molar-refractivity contribution in [3.05, 3.63) is 19.7 Å². The smallest absolute Gasteiger partial charge is 0.258 e. The topological polar surface area (TPSA) is 80.5 Å². The van der Waals surface area contributed by atoms with Crippen LogP contribution in [0.15, 0.2) is 9.64 Å². The van der Waals surface area contributed by atoms with E-state index in [4.69, 9.17) is 0 Å². The minimum atomic E-state index is -3.43. The van der Waals surface area contributed by atoms with E-state index < -0.39 is 14.9 Å². The van der Waals surface area contributed by atoms with Crippen molar-refractivity contribution in [3.63, 3.8) is 0 Å². The van der Waals surface area contributed by atoms with Crippen LogP contribution in [0.5, 0.6) is 0 Å². The molecule has 0 N–H and O–H groups in total. The fraction of sp³-hybridized carbons (Fsp3) is 0.667. The Morgan fingerprint density at radius 3 is 2.73 bits per heavy atom. The first kappa shape index (κ1) is 12.8. The number of nitro groups is 1. The van der Waals surface area contributed by atoms with Gasteiger partial charge in [-0.15, -0.1) is 0 Å². The van der Waals surface area contributed by atoms with Gasteiger partial charge in [0.1, 0.15) is 0 Å². The number of halogens is 1. The van der Waals surface area contributed by atoms with Gasteiger partial charge in [-0.2, -0.15) is 0 Å². The van der Waals surface area contributed by atoms with Crippen LogP contribution in [0.3, 0.4) is 0 Å². The third kappa shape index (κ3) is 3.08. The highest BCUT2D eigenvalue weighted by atomic mass is 79.9. The molecule has 1 fully saturated rings. The van der Waals surface area contributed by atoms with Gasteiger partial charge in [0, 0.05) is 28.2 Å². The molecule has 0 unspecified atom stereocenters. The minimum Gasteiger partial charge on any atom is -0.258 e. The van der Waals surface area contributed by atoms with Crippen LogP contribution in [-0.2, 0) is 10.0 Å². The molecule has 6 nitrogen and oxygen atoms in total. The van der Waals surface area contributed by atoms with Crippen molar-refractivity contribution in [2.75, 3.05) is 18.6 Å². The Hall–Kier alpha value is -0.280. The summed E-state index contributed by atoms with van der Waals surface area (Å²) in [6.07, 6.45) is 1.73. The maximum atomic E-state index is 11.4. The van der Waals surface area contributed by atoms with E-state index in [9.17, 15) is 18.5 Å². The SMILES string of the molecule is CS(=O)(=O)N1CCCSC1=C(Br)[N+](=O)[O-]. The van der Waals surface area contributed by atoms with Crippen LogP contribution in [-0.4, -0.2) is 36.2 Å². The standard InChI is InChI=1S/C6H9BrN2O4S2/c1-15(12,13)8-3-2-4-14-6(8)5(7)9(10)11/h2-4H2,1H3. The molecular formula is C6H9BrN2O4S2. The van der Waals surface area contributed by atoms with Crippen molar-refractivity contribution >= 4 is 37.7 Å². The van der Waals surface area contributed by atoms with Crippen molar-refractivity contribution in [1.29, 1.82) is 0 Å². The van der Waals surface area contributed by atoms with Crippen molar-refractivity contribution in [2.24, 2.45) is 0 Å². The Kier molecular flexibility index (Phi) is 4.01. The first-order valence-corrected chi connectivity index (χ1v) is 7.61. The van der Waals surface area contributed by atoms with E-state index in [-0.39, 0.29) is 9.64 Å². The van der Waals surface area contributed by atoms with Crippen LogP contribution in [0.1, 0.15) is 6.42 Å². The molecule has 1 aliphatic heterocycles. The van der Waals surface area contributed by atoms with Gasteiger partial charge < -0.3 is 0 Å². The average molecular weight is 317 g/mol. The van der Waals surface area contributed by atoms with Gasteiger partial charge in [-0.3, -0.25) is 14.4 Å². The lowest BCUT2D eigenvalue weighted by Gasteiger charge is -2.27. The molecule has 0 aliphatic carbocycles. The third-order valence-electron chi connectivity index (χ3n) is 1.71. The van der Waals surface area contributed by atoms with Crippen LogP contribution in [0.25, 0.3) is 0 Å². The van der Waals surface area contributed by atoms with Gasteiger partial charge in [0.15, 0.2) is 5.03 Å². The normalized spacial score (nSPS) is 21.3. The summed E-state index contributed by atoms with van der Waals surface area (Å²) >= 11 is 3.96. The molecule has 0 spiro atoms. The number of nitrogens with zero attached hydrogens (tertiary/aromatic N) is 2. The number of hydrogen-bond donors (Lipinski definition) is 0. The highest BCUT2D eigenvalue weighted by Crippen LogP contribution is 2.33. The fourth-order valence-corrected chi connectivity index (χ4v) is 4.09. The maximum Gasteiger partial charge on any atom is 0.341 e. The van der Waals surface area contributed by atoms with E-state index >= 15 is 0 Å². The molecule has 1 rings (SSSR count). The summed E-state index contributed by atoms with van der Waals surface area (Å²) in [6, 6.07) is 0. The zero-order chi connectivity index (χ0) is 11.6. The molecule has 0 amide bonds. The number of sulfonamides is 1. The molecule has 9 heteroatoms. The summed E-state index contributed by atoms with van der Waals surface area (Å²) < 4.78 is 23.5. The van der Waals surface area contributed by atoms with Gasteiger partial charge >= 0.3 is 4.61 Å². The molecule has 0 aromatic carbocycles. The lowest BCUT2D eigenvalue weighted by atomic mass is 10.5. The second-order valence-electron chi connectivity index (χ2n) is 2.89. The Morgan fingerprint density at radius 2 is 2.27 bits per heavy atom. The quantitative estimate of drug-likeness (QED) is 0.434. The summed E-state index contributed by atoms with van der Waals surface area (Å²) in [5, 5.41) is 10.7. The molecule has 0 saturated carbocycles. The molecule has 0 atom stereocenters. The highest BCUT2D eigenvalue weighted by Gasteiger charge is 2.30. The maximum absolute atomic E-state index is 11.4. The van der Waals surface area contributed by atoms with Crippen molar-refractivity contribution in [1.82, 2.24) is 4.31 Å². The molecule has 0 aromatic heterocycles. The average Bonchev–Trinajstić information content (AvgIpc) is 2.15. The van der Waals surface area contributed by atoms with Crippen LogP contribution < -0.4 is 0 Å². The van der Waals surface area contributed by atoms with Crippen LogP contribution >= 0.6 is 27.7 Å². The molecule has 0 aromatic rings. The first-order chi connectivity index (χ1) is 6.84. The first-order valence-electron chi connectivity index (χ1n) is 3.98. The van der Waals surface area contributed by atoms with E-state index in [1.807, 2.05) is 0 Å². The van der Waals surface area contributed by atoms with Gasteiger partial charge in [0.25, 0.3) is 0 Å². The van der Waals surface area contributed by atoms with E-state index in [2.05, 4.69) is 15.9 Å². The number of thioether (sulfide) groups is 1. The van der Waals surface area contributed by atoms with Gasteiger partial charge in [-0.1, -0.05) is 11.8 Å².